The Kier molecular flexibility index (Phi) is 2.37. The van der Waals surface area contributed by atoms with Crippen molar-refractivity contribution in [3.05, 3.63) is 0 Å². The fraction of sp³-hybridized carbons (Fsp3) is 0.667. The molecule has 0 aliphatic carbocycles. The Balaban J connectivity index is 1.90. The number of hydrogen-bond donors (Lipinski definition) is 3. The number of carbonyl (C=O) groups excluding carboxylic acids is 1. The van der Waals surface area contributed by atoms with Gasteiger partial charge in [-0.15, -0.1) is 0 Å². The molecule has 0 saturated carbocycles. The van der Waals surface area contributed by atoms with Crippen LogP contribution in [0.5, 0.6) is 6.01 Å². The highest BCUT2D eigenvalue weighted by Gasteiger charge is 2.30. The van der Waals surface area contributed by atoms with Crippen molar-refractivity contribution in [1.82, 2.24) is 25.9 Å². The lowest BCUT2D eigenvalue weighted by Gasteiger charge is -2.06. The van der Waals surface area contributed by atoms with Crippen LogP contribution in [0, 0.1) is 0 Å². The molecule has 0 aromatic carbocycles. The molecule has 2 atom stereocenters. The molecule has 8 heteroatoms. The number of esters is 1. The molecule has 1 saturated heterocycles. The first-order valence-corrected chi connectivity index (χ1v) is 4.12. The molecule has 8 nitrogen and oxygen atoms in total. The zero-order chi connectivity index (χ0) is 9.97. The normalized spacial score (nSPS) is 26.4. The van der Waals surface area contributed by atoms with Gasteiger partial charge in [-0.25, -0.2) is 9.89 Å². The van der Waals surface area contributed by atoms with E-state index in [9.17, 15) is 4.79 Å². The van der Waals surface area contributed by atoms with Gasteiger partial charge in [-0.3, -0.25) is 0 Å². The zero-order valence-corrected chi connectivity index (χ0v) is 7.17. The van der Waals surface area contributed by atoms with Crippen molar-refractivity contribution in [2.45, 2.75) is 18.6 Å². The number of aliphatic hydroxyl groups is 1. The van der Waals surface area contributed by atoms with E-state index in [0.717, 1.165) is 0 Å². The first kappa shape index (κ1) is 9.03. The third-order valence-electron chi connectivity index (χ3n) is 1.92. The van der Waals surface area contributed by atoms with Gasteiger partial charge in [0, 0.05) is 13.0 Å². The van der Waals surface area contributed by atoms with E-state index >= 15 is 0 Å². The molecule has 0 spiro atoms. The zero-order valence-electron chi connectivity index (χ0n) is 7.17. The minimum absolute atomic E-state index is 0.0433. The van der Waals surface area contributed by atoms with E-state index in [1.807, 2.05) is 0 Å². The van der Waals surface area contributed by atoms with E-state index in [0.29, 0.717) is 13.0 Å². The summed E-state index contributed by atoms with van der Waals surface area (Å²) in [5.41, 5.74) is 0. The van der Waals surface area contributed by atoms with E-state index in [2.05, 4.69) is 25.9 Å². The van der Waals surface area contributed by atoms with E-state index < -0.39 is 18.1 Å². The fourth-order valence-corrected chi connectivity index (χ4v) is 1.26. The Morgan fingerprint density at radius 3 is 3.07 bits per heavy atom. The smallest absolute Gasteiger partial charge is 0.340 e. The average molecular weight is 199 g/mol. The van der Waals surface area contributed by atoms with Crippen molar-refractivity contribution >= 4 is 5.97 Å². The summed E-state index contributed by atoms with van der Waals surface area (Å²) in [4.78, 5) is 11.3. The highest BCUT2D eigenvalue weighted by molar-refractivity contribution is 5.78. The Morgan fingerprint density at radius 2 is 2.50 bits per heavy atom. The second kappa shape index (κ2) is 3.68. The van der Waals surface area contributed by atoms with E-state index in [4.69, 9.17) is 9.84 Å². The molecule has 0 amide bonds. The number of aromatic nitrogens is 4. The van der Waals surface area contributed by atoms with Crippen LogP contribution in [0.2, 0.25) is 0 Å². The number of tetrazole rings is 1. The number of aromatic amines is 1. The predicted octanol–water partition coefficient (Wildman–Crippen LogP) is -2.17. The molecule has 1 aromatic heterocycles. The average Bonchev–Trinajstić information content (AvgIpc) is 2.75. The van der Waals surface area contributed by atoms with E-state index in [-0.39, 0.29) is 6.01 Å². The molecule has 1 aliphatic heterocycles. The van der Waals surface area contributed by atoms with Crippen LogP contribution in [0.1, 0.15) is 6.42 Å². The Labute approximate surface area is 78.6 Å². The van der Waals surface area contributed by atoms with Crippen LogP contribution in [0.4, 0.5) is 0 Å². The van der Waals surface area contributed by atoms with Crippen LogP contribution < -0.4 is 10.1 Å². The summed E-state index contributed by atoms with van der Waals surface area (Å²) in [6.45, 7) is 0.397. The maximum Gasteiger partial charge on any atom is 0.340 e. The Hall–Kier alpha value is -1.54. The number of rotatable bonds is 2. The second-order valence-corrected chi connectivity index (χ2v) is 2.98. The van der Waals surface area contributed by atoms with Gasteiger partial charge in [0.05, 0.1) is 6.10 Å². The van der Waals surface area contributed by atoms with Gasteiger partial charge in [0.25, 0.3) is 0 Å². The Bertz CT molecular complexity index is 313. The first-order chi connectivity index (χ1) is 6.75. The van der Waals surface area contributed by atoms with Crippen molar-refractivity contribution in [3.63, 3.8) is 0 Å². The van der Waals surface area contributed by atoms with Crippen molar-refractivity contribution < 1.29 is 14.6 Å². The largest absolute Gasteiger partial charge is 0.392 e. The molecule has 76 valence electrons. The van der Waals surface area contributed by atoms with Crippen LogP contribution in [0.15, 0.2) is 0 Å². The highest BCUT2D eigenvalue weighted by Crippen LogP contribution is 2.08. The van der Waals surface area contributed by atoms with Gasteiger partial charge in [-0.1, -0.05) is 5.10 Å². The summed E-state index contributed by atoms with van der Waals surface area (Å²) < 4.78 is 4.78. The lowest BCUT2D eigenvalue weighted by atomic mass is 10.2. The first-order valence-electron chi connectivity index (χ1n) is 4.12. The quantitative estimate of drug-likeness (QED) is 0.464. The van der Waals surface area contributed by atoms with Gasteiger partial charge in [-0.2, -0.15) is 0 Å². The van der Waals surface area contributed by atoms with Gasteiger partial charge in [0.2, 0.25) is 0 Å². The number of carbonyl (C=O) groups is 1. The molecular formula is C6H9N5O3. The number of β-amino-alcohol motifs (C(OH)–C–C–N with tert-alkyl or cyclic N) is 1. The molecule has 1 unspecified atom stereocenters. The lowest BCUT2D eigenvalue weighted by molar-refractivity contribution is -0.137. The summed E-state index contributed by atoms with van der Waals surface area (Å²) in [6.07, 6.45) is -0.152. The van der Waals surface area contributed by atoms with Crippen molar-refractivity contribution in [1.29, 1.82) is 0 Å². The van der Waals surface area contributed by atoms with Gasteiger partial charge >= 0.3 is 12.0 Å². The summed E-state index contributed by atoms with van der Waals surface area (Å²) >= 11 is 0. The minimum Gasteiger partial charge on any atom is -0.392 e. The van der Waals surface area contributed by atoms with Gasteiger partial charge in [0.1, 0.15) is 6.04 Å². The monoisotopic (exact) mass is 199 g/mol. The molecule has 1 fully saturated rings. The van der Waals surface area contributed by atoms with Gasteiger partial charge in [0.15, 0.2) is 0 Å². The summed E-state index contributed by atoms with van der Waals surface area (Å²) in [5, 5.41) is 24.2. The van der Waals surface area contributed by atoms with E-state index in [1.54, 1.807) is 0 Å². The number of nitrogens with one attached hydrogen (secondary N) is 2. The van der Waals surface area contributed by atoms with Gasteiger partial charge in [-0.05, 0) is 10.4 Å². The molecule has 1 aromatic rings. The van der Waals surface area contributed by atoms with Crippen LogP contribution in [-0.2, 0) is 4.79 Å². The maximum absolute atomic E-state index is 11.3. The summed E-state index contributed by atoms with van der Waals surface area (Å²) in [5.74, 6) is -0.500. The molecular weight excluding hydrogens is 190 g/mol. The molecule has 1 aliphatic rings. The summed E-state index contributed by atoms with van der Waals surface area (Å²) in [7, 11) is 0. The minimum atomic E-state index is -0.500. The molecule has 2 rings (SSSR count). The van der Waals surface area contributed by atoms with Crippen LogP contribution >= 0.6 is 0 Å². The van der Waals surface area contributed by atoms with Crippen molar-refractivity contribution in [2.75, 3.05) is 6.54 Å². The van der Waals surface area contributed by atoms with Gasteiger partial charge < -0.3 is 15.2 Å². The third-order valence-corrected chi connectivity index (χ3v) is 1.92. The number of aliphatic hydroxyl groups excluding tert-OH is 1. The SMILES string of the molecule is O=C(Oc1nnn[nH]1)[C@@H]1CC(O)CN1. The summed E-state index contributed by atoms with van der Waals surface area (Å²) in [6, 6.07) is -0.534. The molecule has 0 bridgehead atoms. The van der Waals surface area contributed by atoms with Crippen LogP contribution in [0.3, 0.4) is 0 Å². The molecule has 14 heavy (non-hydrogen) atoms. The molecule has 0 radical (unpaired) electrons. The number of hydrogen-bond acceptors (Lipinski definition) is 7. The van der Waals surface area contributed by atoms with Crippen molar-refractivity contribution in [2.24, 2.45) is 0 Å². The van der Waals surface area contributed by atoms with Crippen molar-refractivity contribution in [3.8, 4) is 6.01 Å². The molecule has 3 N–H and O–H groups in total. The second-order valence-electron chi connectivity index (χ2n) is 2.98. The van der Waals surface area contributed by atoms with Crippen LogP contribution in [0.25, 0.3) is 0 Å². The number of ether oxygens (including phenoxy) is 1. The van der Waals surface area contributed by atoms with E-state index in [1.165, 1.54) is 0 Å². The topological polar surface area (TPSA) is 113 Å². The predicted molar refractivity (Wildman–Crippen MR) is 42.2 cm³/mol. The number of nitrogens with zero attached hydrogens (tertiary/aromatic N) is 3. The maximum atomic E-state index is 11.3. The lowest BCUT2D eigenvalue weighted by Crippen LogP contribution is -2.34. The van der Waals surface area contributed by atoms with Crippen LogP contribution in [-0.4, -0.2) is 50.4 Å². The Morgan fingerprint density at radius 1 is 1.64 bits per heavy atom. The standard InChI is InChI=1S/C6H9N5O3/c12-3-1-4(7-2-3)5(13)14-6-8-10-11-9-6/h3-4,7,12H,1-2H2,(H,8,9,10,11)/t3?,4-/m0/s1. The number of H-pyrrole nitrogens is 1. The third kappa shape index (κ3) is 1.86. The molecule has 2 heterocycles. The fourth-order valence-electron chi connectivity index (χ4n) is 1.26. The highest BCUT2D eigenvalue weighted by atomic mass is 16.6.